The van der Waals surface area contributed by atoms with Crippen molar-refractivity contribution >= 4 is 0 Å². The Morgan fingerprint density at radius 3 is 2.47 bits per heavy atom. The van der Waals surface area contributed by atoms with E-state index in [-0.39, 0.29) is 6.04 Å². The van der Waals surface area contributed by atoms with E-state index in [9.17, 15) is 5.11 Å². The molecule has 0 aliphatic heterocycles. The van der Waals surface area contributed by atoms with Crippen LogP contribution in [0.15, 0.2) is 18.2 Å². The third kappa shape index (κ3) is 3.19. The van der Waals surface area contributed by atoms with Crippen molar-refractivity contribution < 1.29 is 14.6 Å². The molecule has 4 nitrogen and oxygen atoms in total. The summed E-state index contributed by atoms with van der Waals surface area (Å²) in [6.45, 7) is 2.73. The van der Waals surface area contributed by atoms with Crippen molar-refractivity contribution in [2.45, 2.75) is 37.8 Å². The van der Waals surface area contributed by atoms with Gasteiger partial charge in [-0.25, -0.2) is 0 Å². The van der Waals surface area contributed by atoms with Crippen molar-refractivity contribution in [3.8, 4) is 11.5 Å². The smallest absolute Gasteiger partial charge is 0.161 e. The Labute approximate surface area is 114 Å². The van der Waals surface area contributed by atoms with E-state index in [0.717, 1.165) is 36.3 Å². The predicted molar refractivity (Wildman–Crippen MR) is 74.8 cm³/mol. The molecule has 2 N–H and O–H groups in total. The molecule has 0 heterocycles. The first-order valence-electron chi connectivity index (χ1n) is 6.76. The summed E-state index contributed by atoms with van der Waals surface area (Å²) in [5.74, 6) is 1.46. The van der Waals surface area contributed by atoms with Crippen molar-refractivity contribution in [1.82, 2.24) is 5.32 Å². The zero-order chi connectivity index (χ0) is 13.9. The fourth-order valence-electron chi connectivity index (χ4n) is 2.34. The van der Waals surface area contributed by atoms with Crippen LogP contribution in [0.25, 0.3) is 0 Å². The van der Waals surface area contributed by atoms with Gasteiger partial charge in [0.1, 0.15) is 0 Å². The molecule has 0 radical (unpaired) electrons. The molecule has 1 aliphatic carbocycles. The normalized spacial score (nSPS) is 18.5. The Hall–Kier alpha value is -1.26. The average molecular weight is 265 g/mol. The first-order chi connectivity index (χ1) is 9.08. The molecule has 0 amide bonds. The highest BCUT2D eigenvalue weighted by Crippen LogP contribution is 2.32. The molecule has 0 aromatic heterocycles. The van der Waals surface area contributed by atoms with E-state index in [2.05, 4.69) is 12.2 Å². The van der Waals surface area contributed by atoms with Crippen LogP contribution in [0.4, 0.5) is 0 Å². The third-order valence-corrected chi connectivity index (χ3v) is 3.93. The molecule has 4 heteroatoms. The molecule has 1 aliphatic rings. The summed E-state index contributed by atoms with van der Waals surface area (Å²) in [6.07, 6.45) is 2.93. The molecule has 2 rings (SSSR count). The standard InChI is InChI=1S/C15H23NO3/c1-11(16-10-15(17)7-4-8-15)12-5-6-13(18-2)14(9-12)19-3/h5-6,9,11,16-17H,4,7-8,10H2,1-3H3. The van der Waals surface area contributed by atoms with Gasteiger partial charge in [0.15, 0.2) is 11.5 Å². The molecule has 0 bridgehead atoms. The molecule has 1 atom stereocenters. The fourth-order valence-corrected chi connectivity index (χ4v) is 2.34. The van der Waals surface area contributed by atoms with Gasteiger partial charge in [-0.3, -0.25) is 0 Å². The summed E-state index contributed by atoms with van der Waals surface area (Å²) >= 11 is 0. The van der Waals surface area contributed by atoms with Gasteiger partial charge in [0.25, 0.3) is 0 Å². The maximum Gasteiger partial charge on any atom is 0.161 e. The van der Waals surface area contributed by atoms with Gasteiger partial charge in [-0.05, 0) is 43.9 Å². The third-order valence-electron chi connectivity index (χ3n) is 3.93. The van der Waals surface area contributed by atoms with Crippen molar-refractivity contribution in [3.63, 3.8) is 0 Å². The lowest BCUT2D eigenvalue weighted by atomic mass is 9.80. The van der Waals surface area contributed by atoms with Crippen LogP contribution in [-0.4, -0.2) is 31.5 Å². The molecule has 19 heavy (non-hydrogen) atoms. The maximum absolute atomic E-state index is 10.1. The summed E-state index contributed by atoms with van der Waals surface area (Å²) in [5.41, 5.74) is 0.630. The van der Waals surface area contributed by atoms with Gasteiger partial charge in [0.2, 0.25) is 0 Å². The fraction of sp³-hybridized carbons (Fsp3) is 0.600. The number of rotatable bonds is 6. The summed E-state index contributed by atoms with van der Waals surface area (Å²) < 4.78 is 10.5. The average Bonchev–Trinajstić information content (AvgIpc) is 2.41. The predicted octanol–water partition coefficient (Wildman–Crippen LogP) is 2.27. The number of ether oxygens (including phenoxy) is 2. The van der Waals surface area contributed by atoms with Crippen molar-refractivity contribution in [2.75, 3.05) is 20.8 Å². The van der Waals surface area contributed by atoms with Crippen LogP contribution in [0.2, 0.25) is 0 Å². The number of aliphatic hydroxyl groups is 1. The molecular weight excluding hydrogens is 242 g/mol. The van der Waals surface area contributed by atoms with E-state index >= 15 is 0 Å². The summed E-state index contributed by atoms with van der Waals surface area (Å²) in [7, 11) is 3.27. The zero-order valence-corrected chi connectivity index (χ0v) is 11.9. The van der Waals surface area contributed by atoms with E-state index in [1.165, 1.54) is 0 Å². The number of hydrogen-bond acceptors (Lipinski definition) is 4. The second-order valence-corrected chi connectivity index (χ2v) is 5.29. The van der Waals surface area contributed by atoms with E-state index in [0.29, 0.717) is 6.54 Å². The first-order valence-corrected chi connectivity index (χ1v) is 6.76. The van der Waals surface area contributed by atoms with Crippen LogP contribution < -0.4 is 14.8 Å². The molecule has 0 spiro atoms. The van der Waals surface area contributed by atoms with Crippen LogP contribution in [-0.2, 0) is 0 Å². The molecule has 0 saturated heterocycles. The second kappa shape index (κ2) is 5.80. The minimum absolute atomic E-state index is 0.171. The van der Waals surface area contributed by atoms with Gasteiger partial charge in [-0.1, -0.05) is 6.07 Å². The van der Waals surface area contributed by atoms with Crippen LogP contribution >= 0.6 is 0 Å². The Bertz CT molecular complexity index is 429. The number of benzene rings is 1. The first kappa shape index (κ1) is 14.2. The maximum atomic E-state index is 10.1. The topological polar surface area (TPSA) is 50.7 Å². The van der Waals surface area contributed by atoms with E-state index in [4.69, 9.17) is 9.47 Å². The van der Waals surface area contributed by atoms with Crippen molar-refractivity contribution in [3.05, 3.63) is 23.8 Å². The molecule has 1 unspecified atom stereocenters. The van der Waals surface area contributed by atoms with Crippen molar-refractivity contribution in [1.29, 1.82) is 0 Å². The van der Waals surface area contributed by atoms with Gasteiger partial charge in [-0.2, -0.15) is 0 Å². The summed E-state index contributed by atoms with van der Waals surface area (Å²) in [6, 6.07) is 6.07. The molecule has 1 aromatic rings. The lowest BCUT2D eigenvalue weighted by molar-refractivity contribution is -0.0329. The van der Waals surface area contributed by atoms with Gasteiger partial charge in [0.05, 0.1) is 19.8 Å². The van der Waals surface area contributed by atoms with Gasteiger partial charge >= 0.3 is 0 Å². The Balaban J connectivity index is 2.00. The molecule has 1 saturated carbocycles. The molecule has 1 fully saturated rings. The number of hydrogen-bond donors (Lipinski definition) is 2. The number of methoxy groups -OCH3 is 2. The molecular formula is C15H23NO3. The lowest BCUT2D eigenvalue weighted by Crippen LogP contribution is -2.46. The van der Waals surface area contributed by atoms with Crippen LogP contribution in [0, 0.1) is 0 Å². The quantitative estimate of drug-likeness (QED) is 0.828. The highest BCUT2D eigenvalue weighted by molar-refractivity contribution is 5.43. The SMILES string of the molecule is COc1ccc(C(C)NCC2(O)CCC2)cc1OC. The zero-order valence-electron chi connectivity index (χ0n) is 11.9. The minimum atomic E-state index is -0.495. The monoisotopic (exact) mass is 265 g/mol. The lowest BCUT2D eigenvalue weighted by Gasteiger charge is -2.37. The Morgan fingerprint density at radius 1 is 1.26 bits per heavy atom. The number of nitrogens with one attached hydrogen (secondary N) is 1. The van der Waals surface area contributed by atoms with Crippen LogP contribution in [0.5, 0.6) is 11.5 Å². The van der Waals surface area contributed by atoms with E-state index in [1.807, 2.05) is 18.2 Å². The van der Waals surface area contributed by atoms with Gasteiger partial charge in [-0.15, -0.1) is 0 Å². The van der Waals surface area contributed by atoms with Crippen molar-refractivity contribution in [2.24, 2.45) is 0 Å². The Morgan fingerprint density at radius 2 is 1.95 bits per heavy atom. The second-order valence-electron chi connectivity index (χ2n) is 5.29. The molecule has 1 aromatic carbocycles. The summed E-state index contributed by atoms with van der Waals surface area (Å²) in [4.78, 5) is 0. The Kier molecular flexibility index (Phi) is 4.32. The minimum Gasteiger partial charge on any atom is -0.493 e. The highest BCUT2D eigenvalue weighted by Gasteiger charge is 2.34. The van der Waals surface area contributed by atoms with Gasteiger partial charge in [0, 0.05) is 12.6 Å². The molecule has 106 valence electrons. The van der Waals surface area contributed by atoms with Gasteiger partial charge < -0.3 is 19.9 Å². The van der Waals surface area contributed by atoms with E-state index in [1.54, 1.807) is 14.2 Å². The highest BCUT2D eigenvalue weighted by atomic mass is 16.5. The van der Waals surface area contributed by atoms with Crippen LogP contribution in [0.3, 0.4) is 0 Å². The summed E-state index contributed by atoms with van der Waals surface area (Å²) in [5, 5.41) is 13.5. The van der Waals surface area contributed by atoms with Crippen LogP contribution in [0.1, 0.15) is 37.8 Å². The van der Waals surface area contributed by atoms with E-state index < -0.39 is 5.60 Å². The largest absolute Gasteiger partial charge is 0.493 e.